The van der Waals surface area contributed by atoms with Crippen molar-refractivity contribution in [3.05, 3.63) is 136 Å². The summed E-state index contributed by atoms with van der Waals surface area (Å²) in [6, 6.07) is 28.3. The van der Waals surface area contributed by atoms with E-state index in [1.165, 1.54) is 4.90 Å². The van der Waals surface area contributed by atoms with Crippen molar-refractivity contribution in [1.82, 2.24) is 15.2 Å². The van der Waals surface area contributed by atoms with Crippen LogP contribution in [0.4, 0.5) is 10.5 Å². The van der Waals surface area contributed by atoms with Crippen LogP contribution in [0, 0.1) is 6.92 Å². The molecule has 7 rings (SSSR count). The highest BCUT2D eigenvalue weighted by Crippen LogP contribution is 2.45. The van der Waals surface area contributed by atoms with E-state index in [-0.39, 0.29) is 29.6 Å². The predicted octanol–water partition coefficient (Wildman–Crippen LogP) is 6.54. The van der Waals surface area contributed by atoms with Gasteiger partial charge < -0.3 is 10.3 Å². The normalized spacial score (nSPS) is 17.9. The van der Waals surface area contributed by atoms with Crippen LogP contribution >= 0.6 is 11.6 Å². The zero-order chi connectivity index (χ0) is 29.0. The number of aromatic amines is 1. The lowest BCUT2D eigenvalue weighted by Crippen LogP contribution is -2.44. The summed E-state index contributed by atoms with van der Waals surface area (Å²) in [6.07, 6.45) is 0.383. The minimum Gasteiger partial charge on any atom is -0.356 e. The van der Waals surface area contributed by atoms with Gasteiger partial charge in [0.25, 0.3) is 11.8 Å². The van der Waals surface area contributed by atoms with Gasteiger partial charge in [-0.1, -0.05) is 78.3 Å². The highest BCUT2D eigenvalue weighted by molar-refractivity contribution is 6.30. The Balaban J connectivity index is 1.28. The van der Waals surface area contributed by atoms with Gasteiger partial charge in [-0.05, 0) is 59.5 Å². The molecule has 0 aliphatic carbocycles. The summed E-state index contributed by atoms with van der Waals surface area (Å²) in [5.41, 5.74) is 6.31. The van der Waals surface area contributed by atoms with Crippen LogP contribution in [-0.4, -0.2) is 33.8 Å². The van der Waals surface area contributed by atoms with E-state index in [9.17, 15) is 14.4 Å². The van der Waals surface area contributed by atoms with Crippen LogP contribution in [0.2, 0.25) is 5.02 Å². The average Bonchev–Trinajstić information content (AvgIpc) is 3.50. The number of nitrogens with zero attached hydrogens (tertiary/aromatic N) is 2. The number of benzene rings is 4. The number of imide groups is 1. The maximum atomic E-state index is 14.3. The fraction of sp³-hybridized carbons (Fsp3) is 0.147. The number of hydrogen-bond donors (Lipinski definition) is 2. The van der Waals surface area contributed by atoms with Crippen LogP contribution in [0.25, 0.3) is 10.9 Å². The maximum Gasteiger partial charge on any atom is 0.332 e. The van der Waals surface area contributed by atoms with Gasteiger partial charge in [-0.25, -0.2) is 9.69 Å². The van der Waals surface area contributed by atoms with Crippen LogP contribution in [0.5, 0.6) is 0 Å². The summed E-state index contributed by atoms with van der Waals surface area (Å²) >= 11 is 5.99. The van der Waals surface area contributed by atoms with Gasteiger partial charge in [-0.2, -0.15) is 0 Å². The molecule has 4 amide bonds. The molecule has 3 heterocycles. The first kappa shape index (κ1) is 26.0. The second kappa shape index (κ2) is 10.2. The minimum absolute atomic E-state index is 0.254. The molecule has 0 spiro atoms. The van der Waals surface area contributed by atoms with E-state index < -0.39 is 18.1 Å². The van der Waals surface area contributed by atoms with Gasteiger partial charge >= 0.3 is 6.03 Å². The Morgan fingerprint density at radius 2 is 1.64 bits per heavy atom. The van der Waals surface area contributed by atoms with E-state index in [0.29, 0.717) is 11.4 Å². The van der Waals surface area contributed by atoms with Crippen LogP contribution in [0.15, 0.2) is 97.1 Å². The fourth-order valence-corrected chi connectivity index (χ4v) is 6.38. The molecule has 0 radical (unpaired) electrons. The highest BCUT2D eigenvalue weighted by Gasteiger charge is 2.53. The third kappa shape index (κ3) is 4.16. The van der Waals surface area contributed by atoms with Crippen LogP contribution in [0.3, 0.4) is 0 Å². The molecule has 0 saturated carbocycles. The standard InChI is InChI=1S/C34H27ClN4O3/c1-20-8-2-3-9-23(20)31-30-26(24-10-4-6-12-27(24)37-30)18-29-33(41)39(34(42)38(29)31)28-13-7-5-11-25(28)32(40)36-19-21-14-16-22(35)17-15-21/h2-17,29,31,37H,18-19H2,1H3,(H,36,40)/t29-,31+/m0/s1. The maximum absolute atomic E-state index is 14.3. The minimum atomic E-state index is -0.709. The molecule has 0 unspecified atom stereocenters. The molecule has 0 bridgehead atoms. The first-order valence-corrected chi connectivity index (χ1v) is 14.2. The number of anilines is 1. The monoisotopic (exact) mass is 574 g/mol. The summed E-state index contributed by atoms with van der Waals surface area (Å²) in [5, 5.41) is 4.57. The topological polar surface area (TPSA) is 85.5 Å². The average molecular weight is 575 g/mol. The number of amides is 4. The predicted molar refractivity (Wildman–Crippen MR) is 163 cm³/mol. The van der Waals surface area contributed by atoms with Crippen LogP contribution in [0.1, 0.15) is 44.3 Å². The van der Waals surface area contributed by atoms with Gasteiger partial charge in [0.05, 0.1) is 11.3 Å². The van der Waals surface area contributed by atoms with E-state index in [2.05, 4.69) is 16.4 Å². The number of nitrogens with one attached hydrogen (secondary N) is 2. The quantitative estimate of drug-likeness (QED) is 0.234. The number of urea groups is 1. The van der Waals surface area contributed by atoms with Crippen LogP contribution < -0.4 is 10.2 Å². The summed E-state index contributed by atoms with van der Waals surface area (Å²) in [7, 11) is 0. The molecule has 5 aromatic rings. The Morgan fingerprint density at radius 1 is 0.929 bits per heavy atom. The van der Waals surface area contributed by atoms with Gasteiger partial charge in [-0.15, -0.1) is 0 Å². The number of hydrogen-bond acceptors (Lipinski definition) is 3. The lowest BCUT2D eigenvalue weighted by molar-refractivity contribution is -0.120. The number of carbonyl (C=O) groups is 3. The third-order valence-corrected chi connectivity index (χ3v) is 8.54. The Hall–Kier alpha value is -4.88. The molecular formula is C34H27ClN4O3. The van der Waals surface area contributed by atoms with Crippen molar-refractivity contribution in [2.45, 2.75) is 32.0 Å². The van der Waals surface area contributed by atoms with Gasteiger partial charge in [0, 0.05) is 34.6 Å². The van der Waals surface area contributed by atoms with Crippen molar-refractivity contribution in [2.24, 2.45) is 0 Å². The molecule has 1 fully saturated rings. The molecule has 4 aromatic carbocycles. The fourth-order valence-electron chi connectivity index (χ4n) is 6.25. The van der Waals surface area contributed by atoms with Gasteiger partial charge in [0.15, 0.2) is 0 Å². The van der Waals surface area contributed by atoms with Gasteiger partial charge in [0.1, 0.15) is 12.1 Å². The second-order valence-corrected chi connectivity index (χ2v) is 11.2. The lowest BCUT2D eigenvalue weighted by atomic mass is 9.87. The molecular weight excluding hydrogens is 548 g/mol. The van der Waals surface area contributed by atoms with E-state index in [4.69, 9.17) is 11.6 Å². The number of carbonyl (C=O) groups excluding carboxylic acids is 3. The third-order valence-electron chi connectivity index (χ3n) is 8.29. The smallest absolute Gasteiger partial charge is 0.332 e. The number of rotatable bonds is 5. The molecule has 2 N–H and O–H groups in total. The summed E-state index contributed by atoms with van der Waals surface area (Å²) in [5.74, 6) is -0.717. The highest BCUT2D eigenvalue weighted by atomic mass is 35.5. The summed E-state index contributed by atoms with van der Waals surface area (Å²) in [6.45, 7) is 2.29. The molecule has 2 aliphatic heterocycles. The van der Waals surface area contributed by atoms with Crippen molar-refractivity contribution in [3.63, 3.8) is 0 Å². The SMILES string of the molecule is Cc1ccccc1[C@@H]1c2[nH]c3ccccc3c2C[C@H]2C(=O)N(c3ccccc3C(=O)NCc3ccc(Cl)cc3)C(=O)N12. The number of aromatic nitrogens is 1. The second-order valence-electron chi connectivity index (χ2n) is 10.7. The van der Waals surface area contributed by atoms with Gasteiger partial charge in [-0.3, -0.25) is 14.5 Å². The Labute approximate surface area is 247 Å². The molecule has 7 nitrogen and oxygen atoms in total. The summed E-state index contributed by atoms with van der Waals surface area (Å²) < 4.78 is 0. The van der Waals surface area contributed by atoms with E-state index in [1.807, 2.05) is 61.5 Å². The molecule has 42 heavy (non-hydrogen) atoms. The molecule has 2 atom stereocenters. The van der Waals surface area contributed by atoms with Crippen molar-refractivity contribution in [1.29, 1.82) is 0 Å². The lowest BCUT2D eigenvalue weighted by Gasteiger charge is -2.36. The number of fused-ring (bicyclic) bond motifs is 4. The number of halogens is 1. The Bertz CT molecular complexity index is 1880. The van der Waals surface area contributed by atoms with E-state index in [1.54, 1.807) is 41.3 Å². The zero-order valence-electron chi connectivity index (χ0n) is 22.8. The number of aryl methyl sites for hydroxylation is 1. The van der Waals surface area contributed by atoms with Crippen molar-refractivity contribution in [3.8, 4) is 0 Å². The first-order valence-electron chi connectivity index (χ1n) is 13.9. The van der Waals surface area contributed by atoms with E-state index >= 15 is 0 Å². The van der Waals surface area contributed by atoms with Crippen molar-refractivity contribution < 1.29 is 14.4 Å². The molecule has 8 heteroatoms. The number of H-pyrrole nitrogens is 1. The molecule has 208 valence electrons. The zero-order valence-corrected chi connectivity index (χ0v) is 23.6. The van der Waals surface area contributed by atoms with Crippen LogP contribution in [-0.2, 0) is 17.8 Å². The number of para-hydroxylation sites is 2. The molecule has 2 aliphatic rings. The van der Waals surface area contributed by atoms with Crippen molar-refractivity contribution in [2.75, 3.05) is 4.90 Å². The molecule has 1 aromatic heterocycles. The first-order chi connectivity index (χ1) is 20.4. The largest absolute Gasteiger partial charge is 0.356 e. The summed E-state index contributed by atoms with van der Waals surface area (Å²) in [4.78, 5) is 48.3. The van der Waals surface area contributed by atoms with E-state index in [0.717, 1.165) is 38.9 Å². The Morgan fingerprint density at radius 3 is 2.45 bits per heavy atom. The Kier molecular flexibility index (Phi) is 6.32. The van der Waals surface area contributed by atoms with Crippen molar-refractivity contribution >= 4 is 46.0 Å². The molecule has 1 saturated heterocycles. The van der Waals surface area contributed by atoms with Gasteiger partial charge in [0.2, 0.25) is 0 Å².